The predicted molar refractivity (Wildman–Crippen MR) is 162 cm³/mol. The highest BCUT2D eigenvalue weighted by Crippen LogP contribution is 2.05. The molecule has 0 saturated carbocycles. The largest absolute Gasteiger partial charge is 0.469 e. The molecule has 0 radical (unpaired) electrons. The first kappa shape index (κ1) is 39.7. The van der Waals surface area contributed by atoms with Crippen LogP contribution in [-0.2, 0) is 38.1 Å². The molecule has 0 fully saturated rings. The van der Waals surface area contributed by atoms with Crippen molar-refractivity contribution in [1.29, 1.82) is 0 Å². The Labute approximate surface area is 253 Å². The number of rotatable bonds is 27. The standard InChI is InChI=1S/C30H58N4O8/c1-7-9-15-31(23-25-33(17-11-27(35)39-3)18-12-28(36)40-4)21-22-32(16-10-8-2)24-26-34(19-13-29(37)41-5)20-14-30(38)42-6/h7-26H2,1-6H3. The lowest BCUT2D eigenvalue weighted by atomic mass is 10.2. The van der Waals surface area contributed by atoms with Gasteiger partial charge in [0, 0.05) is 65.4 Å². The summed E-state index contributed by atoms with van der Waals surface area (Å²) in [6.07, 6.45) is 5.49. The summed E-state index contributed by atoms with van der Waals surface area (Å²) in [5.41, 5.74) is 0. The van der Waals surface area contributed by atoms with Crippen LogP contribution >= 0.6 is 0 Å². The lowest BCUT2D eigenvalue weighted by Crippen LogP contribution is -2.43. The van der Waals surface area contributed by atoms with Crippen LogP contribution in [0, 0.1) is 0 Å². The van der Waals surface area contributed by atoms with E-state index < -0.39 is 0 Å². The number of carbonyl (C=O) groups is 4. The van der Waals surface area contributed by atoms with Crippen molar-refractivity contribution in [2.45, 2.75) is 65.2 Å². The molecule has 0 unspecified atom stereocenters. The molecule has 0 amide bonds. The first-order valence-corrected chi connectivity index (χ1v) is 15.4. The Morgan fingerprint density at radius 1 is 0.381 bits per heavy atom. The summed E-state index contributed by atoms with van der Waals surface area (Å²) in [5.74, 6) is -1.06. The highest BCUT2D eigenvalue weighted by Gasteiger charge is 2.16. The van der Waals surface area contributed by atoms with E-state index >= 15 is 0 Å². The molecule has 0 saturated heterocycles. The molecule has 0 aromatic heterocycles. The van der Waals surface area contributed by atoms with Crippen molar-refractivity contribution in [3.05, 3.63) is 0 Å². The molecule has 0 N–H and O–H groups in total. The Kier molecular flexibility index (Phi) is 24.9. The van der Waals surface area contributed by atoms with E-state index in [1.165, 1.54) is 28.4 Å². The van der Waals surface area contributed by atoms with E-state index in [2.05, 4.69) is 33.4 Å². The maximum atomic E-state index is 11.7. The number of nitrogens with zero attached hydrogens (tertiary/aromatic N) is 4. The maximum Gasteiger partial charge on any atom is 0.306 e. The van der Waals surface area contributed by atoms with Gasteiger partial charge in [0.15, 0.2) is 0 Å². The van der Waals surface area contributed by atoms with Crippen LogP contribution in [0.25, 0.3) is 0 Å². The molecule has 0 aliphatic heterocycles. The normalized spacial score (nSPS) is 11.4. The monoisotopic (exact) mass is 602 g/mol. The van der Waals surface area contributed by atoms with Gasteiger partial charge in [0.1, 0.15) is 0 Å². The Morgan fingerprint density at radius 2 is 0.595 bits per heavy atom. The number of unbranched alkanes of at least 4 members (excludes halogenated alkanes) is 2. The predicted octanol–water partition coefficient (Wildman–Crippen LogP) is 2.05. The molecule has 42 heavy (non-hydrogen) atoms. The van der Waals surface area contributed by atoms with E-state index in [4.69, 9.17) is 18.9 Å². The van der Waals surface area contributed by atoms with Crippen LogP contribution in [0.1, 0.15) is 65.2 Å². The lowest BCUT2D eigenvalue weighted by molar-refractivity contribution is -0.142. The third-order valence-corrected chi connectivity index (χ3v) is 7.29. The van der Waals surface area contributed by atoms with E-state index in [9.17, 15) is 19.2 Å². The molecular formula is C30H58N4O8. The molecule has 0 atom stereocenters. The summed E-state index contributed by atoms with van der Waals surface area (Å²) in [6, 6.07) is 0. The van der Waals surface area contributed by atoms with Crippen molar-refractivity contribution in [3.8, 4) is 0 Å². The van der Waals surface area contributed by atoms with Gasteiger partial charge in [-0.3, -0.25) is 19.2 Å². The van der Waals surface area contributed by atoms with Gasteiger partial charge in [-0.25, -0.2) is 0 Å². The van der Waals surface area contributed by atoms with Crippen LogP contribution in [0.4, 0.5) is 0 Å². The molecule has 0 aromatic carbocycles. The molecule has 0 heterocycles. The van der Waals surface area contributed by atoms with Crippen molar-refractivity contribution >= 4 is 23.9 Å². The average molecular weight is 603 g/mol. The minimum atomic E-state index is -0.264. The fourth-order valence-corrected chi connectivity index (χ4v) is 4.36. The minimum absolute atomic E-state index is 0.264. The van der Waals surface area contributed by atoms with Gasteiger partial charge in [-0.05, 0) is 25.9 Å². The number of methoxy groups -OCH3 is 4. The number of esters is 4. The average Bonchev–Trinajstić information content (AvgIpc) is 3.01. The molecule has 0 rings (SSSR count). The molecule has 0 bridgehead atoms. The van der Waals surface area contributed by atoms with Crippen molar-refractivity contribution in [2.75, 3.05) is 107 Å². The summed E-state index contributed by atoms with van der Waals surface area (Å²) in [7, 11) is 5.54. The first-order valence-electron chi connectivity index (χ1n) is 15.4. The molecule has 12 heteroatoms. The van der Waals surface area contributed by atoms with Gasteiger partial charge in [-0.1, -0.05) is 26.7 Å². The Balaban J connectivity index is 5.24. The van der Waals surface area contributed by atoms with E-state index in [1.54, 1.807) is 0 Å². The van der Waals surface area contributed by atoms with E-state index in [0.29, 0.717) is 26.2 Å². The fourth-order valence-electron chi connectivity index (χ4n) is 4.36. The maximum absolute atomic E-state index is 11.7. The molecule has 0 spiro atoms. The number of carbonyl (C=O) groups excluding carboxylic acids is 4. The summed E-state index contributed by atoms with van der Waals surface area (Å²) < 4.78 is 19.2. The van der Waals surface area contributed by atoms with Crippen molar-refractivity contribution in [3.63, 3.8) is 0 Å². The third-order valence-electron chi connectivity index (χ3n) is 7.29. The van der Waals surface area contributed by atoms with Crippen molar-refractivity contribution < 1.29 is 38.1 Å². The van der Waals surface area contributed by atoms with Crippen LogP contribution in [0.3, 0.4) is 0 Å². The SMILES string of the molecule is CCCCN(CCN(CCC(=O)OC)CCC(=O)OC)CCN(CCCC)CCN(CCC(=O)OC)CCC(=O)OC. The van der Waals surface area contributed by atoms with Gasteiger partial charge in [-0.15, -0.1) is 0 Å². The van der Waals surface area contributed by atoms with Crippen LogP contribution in [-0.4, -0.2) is 150 Å². The van der Waals surface area contributed by atoms with Crippen LogP contribution in [0.2, 0.25) is 0 Å². The lowest BCUT2D eigenvalue weighted by Gasteiger charge is -2.31. The molecular weight excluding hydrogens is 544 g/mol. The smallest absolute Gasteiger partial charge is 0.306 e. The van der Waals surface area contributed by atoms with Gasteiger partial charge in [-0.2, -0.15) is 0 Å². The zero-order valence-corrected chi connectivity index (χ0v) is 27.2. The zero-order valence-electron chi connectivity index (χ0n) is 27.2. The summed E-state index contributed by atoms with van der Waals surface area (Å²) in [5, 5.41) is 0. The summed E-state index contributed by atoms with van der Waals surface area (Å²) in [6.45, 7) is 13.4. The van der Waals surface area contributed by atoms with Gasteiger partial charge < -0.3 is 38.5 Å². The highest BCUT2D eigenvalue weighted by atomic mass is 16.5. The molecule has 246 valence electrons. The first-order chi connectivity index (χ1) is 20.2. The second-order valence-corrected chi connectivity index (χ2v) is 10.4. The second-order valence-electron chi connectivity index (χ2n) is 10.4. The molecule has 12 nitrogen and oxygen atoms in total. The van der Waals surface area contributed by atoms with E-state index in [-0.39, 0.29) is 49.6 Å². The Bertz CT molecular complexity index is 640. The molecule has 0 aromatic rings. The van der Waals surface area contributed by atoms with Crippen LogP contribution in [0.5, 0.6) is 0 Å². The fraction of sp³-hybridized carbons (Fsp3) is 0.867. The van der Waals surface area contributed by atoms with Crippen molar-refractivity contribution in [2.24, 2.45) is 0 Å². The highest BCUT2D eigenvalue weighted by molar-refractivity contribution is 5.70. The molecule has 0 aliphatic carbocycles. The topological polar surface area (TPSA) is 118 Å². The molecule has 0 aliphatic rings. The van der Waals surface area contributed by atoms with Crippen LogP contribution < -0.4 is 0 Å². The van der Waals surface area contributed by atoms with E-state index in [0.717, 1.165) is 78.0 Å². The number of hydrogen-bond acceptors (Lipinski definition) is 12. The number of ether oxygens (including phenoxy) is 4. The number of hydrogen-bond donors (Lipinski definition) is 0. The quantitative estimate of drug-likeness (QED) is 0.101. The van der Waals surface area contributed by atoms with E-state index in [1.807, 2.05) is 0 Å². The Hall–Kier alpha value is -2.28. The van der Waals surface area contributed by atoms with Gasteiger partial charge in [0.2, 0.25) is 0 Å². The van der Waals surface area contributed by atoms with Gasteiger partial charge in [0.05, 0.1) is 54.1 Å². The summed E-state index contributed by atoms with van der Waals surface area (Å²) in [4.78, 5) is 56.1. The second kappa shape index (κ2) is 26.4. The zero-order chi connectivity index (χ0) is 31.6. The summed E-state index contributed by atoms with van der Waals surface area (Å²) >= 11 is 0. The minimum Gasteiger partial charge on any atom is -0.469 e. The van der Waals surface area contributed by atoms with Crippen LogP contribution in [0.15, 0.2) is 0 Å². The third kappa shape index (κ3) is 21.4. The van der Waals surface area contributed by atoms with Crippen molar-refractivity contribution in [1.82, 2.24) is 19.6 Å². The van der Waals surface area contributed by atoms with Gasteiger partial charge in [0.25, 0.3) is 0 Å². The Morgan fingerprint density at radius 3 is 0.786 bits per heavy atom. The van der Waals surface area contributed by atoms with Gasteiger partial charge >= 0.3 is 23.9 Å².